The number of hydrogen-bond donors (Lipinski definition) is 1. The summed E-state index contributed by atoms with van der Waals surface area (Å²) >= 11 is 0. The van der Waals surface area contributed by atoms with Crippen LogP contribution in [0.5, 0.6) is 0 Å². The first kappa shape index (κ1) is 14.5. The van der Waals surface area contributed by atoms with Gasteiger partial charge in [-0.05, 0) is 46.6 Å². The minimum atomic E-state index is 0.0383. The Kier molecular flexibility index (Phi) is 4.63. The van der Waals surface area contributed by atoms with Gasteiger partial charge in [0.1, 0.15) is 0 Å². The molecule has 2 rings (SSSR count). The highest BCUT2D eigenvalue weighted by molar-refractivity contribution is 5.09. The lowest BCUT2D eigenvalue weighted by Crippen LogP contribution is -2.23. The molecule has 0 aromatic carbocycles. The highest BCUT2D eigenvalue weighted by Gasteiger charge is 2.31. The predicted octanol–water partition coefficient (Wildman–Crippen LogP) is 2.90. The SMILES string of the molecule is CCCNC(C)c1cnn(CC2CCC(C)(C)O2)c1. The molecule has 108 valence electrons. The average Bonchev–Trinajstić information content (AvgIpc) is 2.93. The molecule has 2 atom stereocenters. The van der Waals surface area contributed by atoms with Crippen molar-refractivity contribution in [2.75, 3.05) is 6.54 Å². The maximum atomic E-state index is 6.01. The smallest absolute Gasteiger partial charge is 0.0779 e. The predicted molar refractivity (Wildman–Crippen MR) is 77.1 cm³/mol. The van der Waals surface area contributed by atoms with Gasteiger partial charge in [0, 0.05) is 17.8 Å². The highest BCUT2D eigenvalue weighted by Crippen LogP contribution is 2.30. The van der Waals surface area contributed by atoms with Gasteiger partial charge in [0.15, 0.2) is 0 Å². The van der Waals surface area contributed by atoms with Gasteiger partial charge in [0.25, 0.3) is 0 Å². The average molecular weight is 265 g/mol. The van der Waals surface area contributed by atoms with Gasteiger partial charge in [-0.2, -0.15) is 5.10 Å². The van der Waals surface area contributed by atoms with E-state index in [2.05, 4.69) is 44.3 Å². The molecule has 19 heavy (non-hydrogen) atoms. The van der Waals surface area contributed by atoms with Crippen molar-refractivity contribution in [1.29, 1.82) is 0 Å². The molecule has 1 saturated heterocycles. The monoisotopic (exact) mass is 265 g/mol. The van der Waals surface area contributed by atoms with Crippen LogP contribution in [0.2, 0.25) is 0 Å². The molecule has 0 aliphatic carbocycles. The van der Waals surface area contributed by atoms with E-state index in [0.29, 0.717) is 12.1 Å². The normalized spacial score (nSPS) is 23.7. The topological polar surface area (TPSA) is 39.1 Å². The van der Waals surface area contributed by atoms with Crippen LogP contribution < -0.4 is 5.32 Å². The van der Waals surface area contributed by atoms with E-state index < -0.39 is 0 Å². The third kappa shape index (κ3) is 4.05. The number of aromatic nitrogens is 2. The Labute approximate surface area is 116 Å². The largest absolute Gasteiger partial charge is 0.370 e. The summed E-state index contributed by atoms with van der Waals surface area (Å²) in [6.45, 7) is 10.6. The summed E-state index contributed by atoms with van der Waals surface area (Å²) in [5.41, 5.74) is 1.29. The summed E-state index contributed by atoms with van der Waals surface area (Å²) in [5, 5.41) is 7.94. The molecule has 1 aromatic heterocycles. The third-order valence-electron chi connectivity index (χ3n) is 3.80. The Morgan fingerprint density at radius 1 is 1.58 bits per heavy atom. The van der Waals surface area contributed by atoms with Crippen LogP contribution in [0.15, 0.2) is 12.4 Å². The number of hydrogen-bond acceptors (Lipinski definition) is 3. The van der Waals surface area contributed by atoms with Gasteiger partial charge in [-0.3, -0.25) is 4.68 Å². The molecule has 2 heterocycles. The van der Waals surface area contributed by atoms with E-state index in [1.807, 2.05) is 10.9 Å². The Morgan fingerprint density at radius 2 is 2.37 bits per heavy atom. The minimum Gasteiger partial charge on any atom is -0.370 e. The van der Waals surface area contributed by atoms with Gasteiger partial charge in [-0.15, -0.1) is 0 Å². The molecule has 4 nitrogen and oxygen atoms in total. The first-order valence-electron chi connectivity index (χ1n) is 7.44. The maximum Gasteiger partial charge on any atom is 0.0779 e. The van der Waals surface area contributed by atoms with Crippen molar-refractivity contribution >= 4 is 0 Å². The van der Waals surface area contributed by atoms with E-state index in [-0.39, 0.29) is 5.60 Å². The van der Waals surface area contributed by atoms with Crippen LogP contribution >= 0.6 is 0 Å². The van der Waals surface area contributed by atoms with Crippen LogP contribution in [-0.2, 0) is 11.3 Å². The molecule has 0 bridgehead atoms. The zero-order valence-corrected chi connectivity index (χ0v) is 12.6. The molecule has 2 unspecified atom stereocenters. The first-order chi connectivity index (χ1) is 9.00. The van der Waals surface area contributed by atoms with Gasteiger partial charge < -0.3 is 10.1 Å². The summed E-state index contributed by atoms with van der Waals surface area (Å²) < 4.78 is 8.03. The second-order valence-electron chi connectivity index (χ2n) is 6.21. The van der Waals surface area contributed by atoms with E-state index in [9.17, 15) is 0 Å². The Balaban J connectivity index is 1.87. The lowest BCUT2D eigenvalue weighted by molar-refractivity contribution is -0.0229. The van der Waals surface area contributed by atoms with Crippen LogP contribution in [-0.4, -0.2) is 28.0 Å². The van der Waals surface area contributed by atoms with E-state index in [0.717, 1.165) is 32.4 Å². The molecule has 0 amide bonds. The summed E-state index contributed by atoms with van der Waals surface area (Å²) in [7, 11) is 0. The summed E-state index contributed by atoms with van der Waals surface area (Å²) in [6.07, 6.45) is 7.84. The molecular weight excluding hydrogens is 238 g/mol. The molecule has 0 radical (unpaired) electrons. The molecule has 0 spiro atoms. The van der Waals surface area contributed by atoms with Crippen molar-refractivity contribution in [2.45, 2.75) is 71.2 Å². The van der Waals surface area contributed by atoms with E-state index in [4.69, 9.17) is 4.74 Å². The zero-order valence-electron chi connectivity index (χ0n) is 12.6. The summed E-state index contributed by atoms with van der Waals surface area (Å²) in [4.78, 5) is 0. The van der Waals surface area contributed by atoms with Gasteiger partial charge in [0.05, 0.1) is 24.4 Å². The second kappa shape index (κ2) is 6.06. The molecular formula is C15H27N3O. The molecule has 0 saturated carbocycles. The Hall–Kier alpha value is -0.870. The van der Waals surface area contributed by atoms with Gasteiger partial charge >= 0.3 is 0 Å². The quantitative estimate of drug-likeness (QED) is 0.859. The highest BCUT2D eigenvalue weighted by atomic mass is 16.5. The molecule has 1 aliphatic rings. The zero-order chi connectivity index (χ0) is 13.9. The van der Waals surface area contributed by atoms with Crippen molar-refractivity contribution in [3.8, 4) is 0 Å². The number of nitrogens with zero attached hydrogens (tertiary/aromatic N) is 2. The second-order valence-corrected chi connectivity index (χ2v) is 6.21. The Bertz CT molecular complexity index is 400. The maximum absolute atomic E-state index is 6.01. The molecule has 4 heteroatoms. The fraction of sp³-hybridized carbons (Fsp3) is 0.800. The molecule has 1 fully saturated rings. The van der Waals surface area contributed by atoms with E-state index in [1.54, 1.807) is 0 Å². The lowest BCUT2D eigenvalue weighted by Gasteiger charge is -2.19. The van der Waals surface area contributed by atoms with Crippen LogP contribution in [0.25, 0.3) is 0 Å². The van der Waals surface area contributed by atoms with Crippen LogP contribution in [0.4, 0.5) is 0 Å². The van der Waals surface area contributed by atoms with Gasteiger partial charge in [0.2, 0.25) is 0 Å². The fourth-order valence-electron chi connectivity index (χ4n) is 2.60. The number of nitrogens with one attached hydrogen (secondary N) is 1. The molecule has 1 aromatic rings. The third-order valence-corrected chi connectivity index (χ3v) is 3.80. The van der Waals surface area contributed by atoms with Crippen molar-refractivity contribution < 1.29 is 4.74 Å². The fourth-order valence-corrected chi connectivity index (χ4v) is 2.60. The van der Waals surface area contributed by atoms with Crippen LogP contribution in [0, 0.1) is 0 Å². The van der Waals surface area contributed by atoms with Crippen LogP contribution in [0.1, 0.15) is 58.6 Å². The lowest BCUT2D eigenvalue weighted by atomic mass is 10.1. The van der Waals surface area contributed by atoms with Crippen LogP contribution in [0.3, 0.4) is 0 Å². The Morgan fingerprint density at radius 3 is 3.00 bits per heavy atom. The summed E-state index contributed by atoms with van der Waals surface area (Å²) in [5.74, 6) is 0. The van der Waals surface area contributed by atoms with Crippen molar-refractivity contribution in [3.05, 3.63) is 18.0 Å². The van der Waals surface area contributed by atoms with Gasteiger partial charge in [-0.25, -0.2) is 0 Å². The molecule has 1 N–H and O–H groups in total. The number of rotatable bonds is 6. The number of ether oxygens (including phenoxy) is 1. The van der Waals surface area contributed by atoms with E-state index >= 15 is 0 Å². The van der Waals surface area contributed by atoms with Gasteiger partial charge in [-0.1, -0.05) is 6.92 Å². The molecule has 1 aliphatic heterocycles. The standard InChI is InChI=1S/C15H27N3O/c1-5-8-16-12(2)13-9-17-18(10-13)11-14-6-7-15(3,4)19-14/h9-10,12,14,16H,5-8,11H2,1-4H3. The van der Waals surface area contributed by atoms with Crippen molar-refractivity contribution in [2.24, 2.45) is 0 Å². The summed E-state index contributed by atoms with van der Waals surface area (Å²) in [6, 6.07) is 0.370. The minimum absolute atomic E-state index is 0.0383. The van der Waals surface area contributed by atoms with Crippen molar-refractivity contribution in [3.63, 3.8) is 0 Å². The first-order valence-corrected chi connectivity index (χ1v) is 7.44. The van der Waals surface area contributed by atoms with Crippen molar-refractivity contribution in [1.82, 2.24) is 15.1 Å². The van der Waals surface area contributed by atoms with E-state index in [1.165, 1.54) is 5.56 Å².